The van der Waals surface area contributed by atoms with Gasteiger partial charge in [0.25, 0.3) is 0 Å². The van der Waals surface area contributed by atoms with Gasteiger partial charge in [0.2, 0.25) is 5.84 Å². The second-order valence-electron chi connectivity index (χ2n) is 3.52. The first-order chi connectivity index (χ1) is 7.70. The Balaban J connectivity index is 2.39. The minimum Gasteiger partial charge on any atom is -0.453 e. The normalized spacial score (nSPS) is 11.7. The molecule has 3 N–H and O–H groups in total. The van der Waals surface area contributed by atoms with Crippen molar-refractivity contribution in [2.45, 2.75) is 6.92 Å². The van der Waals surface area contributed by atoms with Gasteiger partial charge in [-0.25, -0.2) is 0 Å². The molecule has 0 saturated carbocycles. The molecule has 82 valence electrons. The van der Waals surface area contributed by atoms with E-state index in [0.29, 0.717) is 11.5 Å². The van der Waals surface area contributed by atoms with Crippen molar-refractivity contribution in [2.24, 2.45) is 10.9 Å². The van der Waals surface area contributed by atoms with Gasteiger partial charge >= 0.3 is 0 Å². The highest BCUT2D eigenvalue weighted by molar-refractivity contribution is 5.94. The van der Waals surface area contributed by atoms with Gasteiger partial charge in [0.1, 0.15) is 5.76 Å². The Kier molecular flexibility index (Phi) is 2.64. The van der Waals surface area contributed by atoms with Crippen LogP contribution in [0.25, 0.3) is 11.3 Å². The third kappa shape index (κ3) is 1.91. The molecule has 2 aromatic rings. The van der Waals surface area contributed by atoms with Crippen LogP contribution in [0.3, 0.4) is 0 Å². The molecule has 0 aliphatic rings. The Bertz CT molecular complexity index is 529. The maximum absolute atomic E-state index is 8.52. The zero-order chi connectivity index (χ0) is 11.5. The monoisotopic (exact) mass is 216 g/mol. The molecule has 0 bridgehead atoms. The highest BCUT2D eigenvalue weighted by Crippen LogP contribution is 2.22. The van der Waals surface area contributed by atoms with Crippen LogP contribution in [-0.4, -0.2) is 11.0 Å². The van der Waals surface area contributed by atoms with E-state index in [-0.39, 0.29) is 5.84 Å². The SMILES string of the molecule is Cc1cccc(-c2ccc(/C(N)=N\O)o2)c1. The summed E-state index contributed by atoms with van der Waals surface area (Å²) in [6, 6.07) is 11.4. The molecule has 16 heavy (non-hydrogen) atoms. The third-order valence-electron chi connectivity index (χ3n) is 2.27. The number of amidine groups is 1. The smallest absolute Gasteiger partial charge is 0.205 e. The summed E-state index contributed by atoms with van der Waals surface area (Å²) in [6.07, 6.45) is 0. The van der Waals surface area contributed by atoms with Gasteiger partial charge in [0.05, 0.1) is 0 Å². The first-order valence-corrected chi connectivity index (χ1v) is 4.85. The molecule has 1 aromatic carbocycles. The summed E-state index contributed by atoms with van der Waals surface area (Å²) in [6.45, 7) is 2.01. The first kappa shape index (κ1) is 10.3. The number of nitrogens with zero attached hydrogens (tertiary/aromatic N) is 1. The maximum Gasteiger partial charge on any atom is 0.205 e. The van der Waals surface area contributed by atoms with Crippen LogP contribution in [0.1, 0.15) is 11.3 Å². The van der Waals surface area contributed by atoms with E-state index in [9.17, 15) is 0 Å². The van der Waals surface area contributed by atoms with Crippen LogP contribution >= 0.6 is 0 Å². The first-order valence-electron chi connectivity index (χ1n) is 4.85. The van der Waals surface area contributed by atoms with E-state index in [2.05, 4.69) is 5.16 Å². The van der Waals surface area contributed by atoms with Crippen LogP contribution in [0.2, 0.25) is 0 Å². The van der Waals surface area contributed by atoms with Crippen molar-refractivity contribution in [2.75, 3.05) is 0 Å². The molecule has 0 spiro atoms. The Morgan fingerprint density at radius 3 is 2.81 bits per heavy atom. The Hall–Kier alpha value is -2.23. The van der Waals surface area contributed by atoms with E-state index in [1.807, 2.05) is 31.2 Å². The number of benzene rings is 1. The van der Waals surface area contributed by atoms with Crippen LogP contribution < -0.4 is 5.73 Å². The average Bonchev–Trinajstić information content (AvgIpc) is 2.77. The molecule has 0 saturated heterocycles. The van der Waals surface area contributed by atoms with Gasteiger partial charge in [-0.2, -0.15) is 0 Å². The fraction of sp³-hybridized carbons (Fsp3) is 0.0833. The molecule has 4 nitrogen and oxygen atoms in total. The van der Waals surface area contributed by atoms with Gasteiger partial charge in [-0.05, 0) is 25.1 Å². The van der Waals surface area contributed by atoms with Crippen LogP contribution in [0.15, 0.2) is 46.0 Å². The summed E-state index contributed by atoms with van der Waals surface area (Å²) in [5, 5.41) is 11.4. The summed E-state index contributed by atoms with van der Waals surface area (Å²) >= 11 is 0. The molecule has 2 rings (SSSR count). The number of rotatable bonds is 2. The molecule has 0 atom stereocenters. The van der Waals surface area contributed by atoms with Crippen molar-refractivity contribution in [3.63, 3.8) is 0 Å². The minimum atomic E-state index is -0.0288. The largest absolute Gasteiger partial charge is 0.453 e. The lowest BCUT2D eigenvalue weighted by atomic mass is 10.1. The molecule has 0 unspecified atom stereocenters. The van der Waals surface area contributed by atoms with Crippen LogP contribution in [0.4, 0.5) is 0 Å². The minimum absolute atomic E-state index is 0.0288. The Labute approximate surface area is 93.0 Å². The Morgan fingerprint density at radius 1 is 1.31 bits per heavy atom. The summed E-state index contributed by atoms with van der Waals surface area (Å²) in [5.74, 6) is 1.03. The molecule has 0 fully saturated rings. The summed E-state index contributed by atoms with van der Waals surface area (Å²) in [7, 11) is 0. The highest BCUT2D eigenvalue weighted by atomic mass is 16.4. The van der Waals surface area contributed by atoms with Gasteiger partial charge in [-0.1, -0.05) is 28.9 Å². The number of hydrogen-bond acceptors (Lipinski definition) is 3. The topological polar surface area (TPSA) is 71.8 Å². The molecule has 4 heteroatoms. The van der Waals surface area contributed by atoms with Gasteiger partial charge < -0.3 is 15.4 Å². The van der Waals surface area contributed by atoms with Gasteiger partial charge in [0.15, 0.2) is 5.76 Å². The Morgan fingerprint density at radius 2 is 2.12 bits per heavy atom. The van der Waals surface area contributed by atoms with Gasteiger partial charge in [-0.3, -0.25) is 0 Å². The molecule has 0 aliphatic heterocycles. The van der Waals surface area contributed by atoms with Crippen LogP contribution in [-0.2, 0) is 0 Å². The quantitative estimate of drug-likeness (QED) is 0.350. The van der Waals surface area contributed by atoms with E-state index in [1.54, 1.807) is 12.1 Å². The predicted octanol–water partition coefficient (Wildman–Crippen LogP) is 2.35. The van der Waals surface area contributed by atoms with Crippen molar-refractivity contribution in [3.8, 4) is 11.3 Å². The van der Waals surface area contributed by atoms with Crippen molar-refractivity contribution < 1.29 is 9.62 Å². The van der Waals surface area contributed by atoms with E-state index < -0.39 is 0 Å². The van der Waals surface area contributed by atoms with Crippen molar-refractivity contribution in [3.05, 3.63) is 47.7 Å². The summed E-state index contributed by atoms with van der Waals surface area (Å²) in [5.41, 5.74) is 7.54. The number of furan rings is 1. The number of oxime groups is 1. The lowest BCUT2D eigenvalue weighted by Gasteiger charge is -1.98. The van der Waals surface area contributed by atoms with Crippen molar-refractivity contribution in [1.29, 1.82) is 0 Å². The van der Waals surface area contributed by atoms with Gasteiger partial charge in [0, 0.05) is 5.56 Å². The average molecular weight is 216 g/mol. The lowest BCUT2D eigenvalue weighted by Crippen LogP contribution is -2.11. The standard InChI is InChI=1S/C12H12N2O2/c1-8-3-2-4-9(7-8)10-5-6-11(16-10)12(13)14-15/h2-7,15H,1H3,(H2,13,14). The molecular weight excluding hydrogens is 204 g/mol. The summed E-state index contributed by atoms with van der Waals surface area (Å²) < 4.78 is 5.46. The van der Waals surface area contributed by atoms with Gasteiger partial charge in [-0.15, -0.1) is 0 Å². The van der Waals surface area contributed by atoms with E-state index >= 15 is 0 Å². The second kappa shape index (κ2) is 4.10. The molecule has 0 aliphatic carbocycles. The highest BCUT2D eigenvalue weighted by Gasteiger charge is 2.07. The van der Waals surface area contributed by atoms with E-state index in [4.69, 9.17) is 15.4 Å². The molecular formula is C12H12N2O2. The molecule has 1 aromatic heterocycles. The lowest BCUT2D eigenvalue weighted by molar-refractivity contribution is 0.317. The van der Waals surface area contributed by atoms with E-state index in [1.165, 1.54) is 0 Å². The number of aryl methyl sites for hydroxylation is 1. The maximum atomic E-state index is 8.52. The zero-order valence-corrected chi connectivity index (χ0v) is 8.84. The van der Waals surface area contributed by atoms with E-state index in [0.717, 1.165) is 11.1 Å². The molecule has 0 amide bonds. The fourth-order valence-electron chi connectivity index (χ4n) is 1.48. The number of hydrogen-bond donors (Lipinski definition) is 2. The second-order valence-corrected chi connectivity index (χ2v) is 3.52. The molecule has 1 heterocycles. The van der Waals surface area contributed by atoms with Crippen molar-refractivity contribution in [1.82, 2.24) is 0 Å². The molecule has 0 radical (unpaired) electrons. The predicted molar refractivity (Wildman–Crippen MR) is 61.4 cm³/mol. The third-order valence-corrected chi connectivity index (χ3v) is 2.27. The fourth-order valence-corrected chi connectivity index (χ4v) is 1.48. The van der Waals surface area contributed by atoms with Crippen molar-refractivity contribution >= 4 is 5.84 Å². The van der Waals surface area contributed by atoms with Crippen LogP contribution in [0.5, 0.6) is 0 Å². The summed E-state index contributed by atoms with van der Waals surface area (Å²) in [4.78, 5) is 0. The zero-order valence-electron chi connectivity index (χ0n) is 8.84. The number of nitrogens with two attached hydrogens (primary N) is 1. The van der Waals surface area contributed by atoms with Crippen LogP contribution in [0, 0.1) is 6.92 Å².